The fourth-order valence-electron chi connectivity index (χ4n) is 3.60. The van der Waals surface area contributed by atoms with Gasteiger partial charge in [0.05, 0.1) is 24.2 Å². The molecule has 108 valence electrons. The van der Waals surface area contributed by atoms with Gasteiger partial charge in [-0.3, -0.25) is 4.79 Å². The number of fused-ring (bicyclic) bond motifs is 2. The third kappa shape index (κ3) is 2.53. The highest BCUT2D eigenvalue weighted by atomic mass is 127. The van der Waals surface area contributed by atoms with Gasteiger partial charge in [0.25, 0.3) is 0 Å². The quantitative estimate of drug-likeness (QED) is 0.813. The topological polar surface area (TPSA) is 46.5 Å². The van der Waals surface area contributed by atoms with Crippen molar-refractivity contribution in [1.29, 1.82) is 0 Å². The molecule has 2 fully saturated rings. The maximum Gasteiger partial charge on any atom is 0.139 e. The summed E-state index contributed by atoms with van der Waals surface area (Å²) in [5.74, 6) is 0.187. The number of halogens is 1. The SMILES string of the molecule is CCC(=O)[C@H]1[C@@H](c2ccc(I)cc2)CC2CC(O)[C@@H]1O2. The first-order chi connectivity index (χ1) is 9.60. The van der Waals surface area contributed by atoms with E-state index in [4.69, 9.17) is 4.74 Å². The van der Waals surface area contributed by atoms with E-state index in [0.717, 1.165) is 6.42 Å². The summed E-state index contributed by atoms with van der Waals surface area (Å²) in [5.41, 5.74) is 1.20. The summed E-state index contributed by atoms with van der Waals surface area (Å²) >= 11 is 2.29. The minimum absolute atomic E-state index is 0.0974. The van der Waals surface area contributed by atoms with E-state index >= 15 is 0 Å². The van der Waals surface area contributed by atoms with Crippen LogP contribution in [-0.2, 0) is 9.53 Å². The van der Waals surface area contributed by atoms with Gasteiger partial charge in [-0.2, -0.15) is 0 Å². The molecule has 4 heteroatoms. The van der Waals surface area contributed by atoms with E-state index in [2.05, 4.69) is 46.9 Å². The van der Waals surface area contributed by atoms with Crippen LogP contribution in [0.3, 0.4) is 0 Å². The van der Waals surface area contributed by atoms with Crippen molar-refractivity contribution >= 4 is 28.4 Å². The molecule has 0 amide bonds. The fourth-order valence-corrected chi connectivity index (χ4v) is 3.96. The Kier molecular flexibility index (Phi) is 4.15. The maximum absolute atomic E-state index is 12.4. The van der Waals surface area contributed by atoms with Gasteiger partial charge in [-0.25, -0.2) is 0 Å². The van der Waals surface area contributed by atoms with E-state index in [1.807, 2.05) is 6.92 Å². The second kappa shape index (κ2) is 5.73. The summed E-state index contributed by atoms with van der Waals surface area (Å²) in [7, 11) is 0. The van der Waals surface area contributed by atoms with E-state index < -0.39 is 6.10 Å². The molecule has 5 atom stereocenters. The predicted molar refractivity (Wildman–Crippen MR) is 84.6 cm³/mol. The molecular weight excluding hydrogens is 367 g/mol. The lowest BCUT2D eigenvalue weighted by Crippen LogP contribution is -2.42. The molecule has 2 aliphatic rings. The third-order valence-corrected chi connectivity index (χ3v) is 5.28. The molecule has 1 aromatic carbocycles. The molecule has 1 aromatic rings. The first kappa shape index (κ1) is 14.5. The Morgan fingerprint density at radius 2 is 2.05 bits per heavy atom. The van der Waals surface area contributed by atoms with Crippen molar-refractivity contribution in [2.24, 2.45) is 5.92 Å². The van der Waals surface area contributed by atoms with Crippen LogP contribution < -0.4 is 0 Å². The van der Waals surface area contributed by atoms with Crippen molar-refractivity contribution in [3.8, 4) is 0 Å². The second-order valence-electron chi connectivity index (χ2n) is 5.77. The number of benzene rings is 1. The lowest BCUT2D eigenvalue weighted by molar-refractivity contribution is -0.137. The lowest BCUT2D eigenvalue weighted by atomic mass is 9.76. The zero-order valence-corrected chi connectivity index (χ0v) is 13.6. The summed E-state index contributed by atoms with van der Waals surface area (Å²) in [5, 5.41) is 10.1. The van der Waals surface area contributed by atoms with E-state index in [0.29, 0.717) is 12.8 Å². The minimum atomic E-state index is -0.491. The molecule has 2 unspecified atom stereocenters. The molecule has 20 heavy (non-hydrogen) atoms. The average molecular weight is 386 g/mol. The van der Waals surface area contributed by atoms with Crippen LogP contribution in [0.25, 0.3) is 0 Å². The lowest BCUT2D eigenvalue weighted by Gasteiger charge is -2.36. The first-order valence-electron chi connectivity index (χ1n) is 7.22. The monoisotopic (exact) mass is 386 g/mol. The molecule has 0 aliphatic carbocycles. The number of ketones is 1. The van der Waals surface area contributed by atoms with Gasteiger partial charge in [0, 0.05) is 16.4 Å². The largest absolute Gasteiger partial charge is 0.390 e. The molecule has 2 heterocycles. The molecule has 0 spiro atoms. The van der Waals surface area contributed by atoms with E-state index in [-0.39, 0.29) is 29.8 Å². The average Bonchev–Trinajstić information content (AvgIpc) is 2.74. The smallest absolute Gasteiger partial charge is 0.139 e. The third-order valence-electron chi connectivity index (χ3n) is 4.56. The Hall–Kier alpha value is -0.460. The standard InChI is InChI=1S/C16H19IO3/c1-2-13(18)15-12(9-3-5-10(17)6-4-9)7-11-8-14(19)16(15)20-11/h3-6,11-12,14-16,19H,2,7-8H2,1H3/t11?,12-,14?,15-,16+/m1/s1. The summed E-state index contributed by atoms with van der Waals surface area (Å²) in [6, 6.07) is 8.38. The molecule has 3 rings (SSSR count). The number of carbonyl (C=O) groups is 1. The van der Waals surface area contributed by atoms with Crippen LogP contribution in [0, 0.1) is 9.49 Å². The Morgan fingerprint density at radius 1 is 1.35 bits per heavy atom. The molecule has 0 saturated carbocycles. The van der Waals surface area contributed by atoms with Crippen LogP contribution in [0.5, 0.6) is 0 Å². The van der Waals surface area contributed by atoms with Gasteiger partial charge >= 0.3 is 0 Å². The molecule has 2 saturated heterocycles. The van der Waals surface area contributed by atoms with Crippen molar-refractivity contribution in [3.05, 3.63) is 33.4 Å². The second-order valence-corrected chi connectivity index (χ2v) is 7.01. The van der Waals surface area contributed by atoms with Crippen molar-refractivity contribution < 1.29 is 14.6 Å². The van der Waals surface area contributed by atoms with E-state index in [1.165, 1.54) is 9.13 Å². The van der Waals surface area contributed by atoms with Gasteiger partial charge < -0.3 is 9.84 Å². The van der Waals surface area contributed by atoms with Crippen LogP contribution in [-0.4, -0.2) is 29.2 Å². The Bertz CT molecular complexity index is 499. The van der Waals surface area contributed by atoms with Crippen LogP contribution in [0.2, 0.25) is 0 Å². The van der Waals surface area contributed by atoms with Crippen molar-refractivity contribution in [1.82, 2.24) is 0 Å². The van der Waals surface area contributed by atoms with E-state index in [1.54, 1.807) is 0 Å². The Balaban J connectivity index is 1.95. The summed E-state index contributed by atoms with van der Waals surface area (Å²) in [6.45, 7) is 1.89. The number of carbonyl (C=O) groups excluding carboxylic acids is 1. The van der Waals surface area contributed by atoms with Crippen LogP contribution in [0.15, 0.2) is 24.3 Å². The molecule has 0 radical (unpaired) electrons. The van der Waals surface area contributed by atoms with Gasteiger partial charge in [-0.15, -0.1) is 0 Å². The zero-order chi connectivity index (χ0) is 14.3. The summed E-state index contributed by atoms with van der Waals surface area (Å²) in [6.07, 6.45) is 1.30. The zero-order valence-electron chi connectivity index (χ0n) is 11.5. The number of aliphatic hydroxyl groups excluding tert-OH is 1. The van der Waals surface area contributed by atoms with Crippen molar-refractivity contribution in [3.63, 3.8) is 0 Å². The Labute approximate surface area is 132 Å². The molecular formula is C16H19IO3. The normalized spacial score (nSPS) is 36.0. The highest BCUT2D eigenvalue weighted by Gasteiger charge is 2.50. The number of Topliss-reactive ketones (excluding diaryl/α,β-unsaturated/α-hetero) is 1. The number of rotatable bonds is 3. The van der Waals surface area contributed by atoms with Crippen LogP contribution >= 0.6 is 22.6 Å². The molecule has 1 N–H and O–H groups in total. The highest BCUT2D eigenvalue weighted by Crippen LogP contribution is 2.46. The molecule has 3 nitrogen and oxygen atoms in total. The van der Waals surface area contributed by atoms with Crippen molar-refractivity contribution in [2.45, 2.75) is 50.4 Å². The van der Waals surface area contributed by atoms with Crippen LogP contribution in [0.4, 0.5) is 0 Å². The van der Waals surface area contributed by atoms with Gasteiger partial charge in [0.2, 0.25) is 0 Å². The number of hydrogen-bond donors (Lipinski definition) is 1. The van der Waals surface area contributed by atoms with Gasteiger partial charge in [-0.1, -0.05) is 19.1 Å². The Morgan fingerprint density at radius 3 is 2.70 bits per heavy atom. The number of ether oxygens (including phenoxy) is 1. The first-order valence-corrected chi connectivity index (χ1v) is 8.29. The highest BCUT2D eigenvalue weighted by molar-refractivity contribution is 14.1. The maximum atomic E-state index is 12.4. The van der Waals surface area contributed by atoms with Gasteiger partial charge in [0.1, 0.15) is 5.78 Å². The van der Waals surface area contributed by atoms with E-state index in [9.17, 15) is 9.90 Å². The minimum Gasteiger partial charge on any atom is -0.390 e. The van der Waals surface area contributed by atoms with Crippen LogP contribution in [0.1, 0.15) is 37.7 Å². The molecule has 2 aliphatic heterocycles. The molecule has 2 bridgehead atoms. The summed E-state index contributed by atoms with van der Waals surface area (Å²) in [4.78, 5) is 12.4. The van der Waals surface area contributed by atoms with Gasteiger partial charge in [-0.05, 0) is 52.6 Å². The summed E-state index contributed by atoms with van der Waals surface area (Å²) < 4.78 is 7.04. The predicted octanol–water partition coefficient (Wildman–Crippen LogP) is 2.89. The van der Waals surface area contributed by atoms with Crippen molar-refractivity contribution in [2.75, 3.05) is 0 Å². The number of aliphatic hydroxyl groups is 1. The van der Waals surface area contributed by atoms with Gasteiger partial charge in [0.15, 0.2) is 0 Å². The fraction of sp³-hybridized carbons (Fsp3) is 0.562. The molecule has 0 aromatic heterocycles. The number of hydrogen-bond acceptors (Lipinski definition) is 3.